The minimum atomic E-state index is 0.381. The van der Waals surface area contributed by atoms with E-state index in [1.54, 1.807) is 6.07 Å². The van der Waals surface area contributed by atoms with Crippen molar-refractivity contribution >= 4 is 10.9 Å². The Labute approximate surface area is 112 Å². The first-order valence-electron chi connectivity index (χ1n) is 7.37. The smallest absolute Gasteiger partial charge is 0.116 e. The number of aromatic amines is 1. The standard InChI is InChI=1S/C16H18N2O/c19-10-1-2-14-12(7-10)11-3-4-18-8-9-5-13(15(18)6-9)16(11)17-14/h1-2,7,9,13,15,17,19H,3-6,8H2. The lowest BCUT2D eigenvalue weighted by atomic mass is 9.93. The van der Waals surface area contributed by atoms with E-state index in [0.29, 0.717) is 11.7 Å². The van der Waals surface area contributed by atoms with Gasteiger partial charge in [0.2, 0.25) is 0 Å². The summed E-state index contributed by atoms with van der Waals surface area (Å²) < 4.78 is 0. The van der Waals surface area contributed by atoms with E-state index in [4.69, 9.17) is 0 Å². The molecule has 3 atom stereocenters. The van der Waals surface area contributed by atoms with Gasteiger partial charge in [-0.3, -0.25) is 4.90 Å². The van der Waals surface area contributed by atoms with Crippen molar-refractivity contribution in [3.8, 4) is 5.75 Å². The minimum absolute atomic E-state index is 0.381. The maximum Gasteiger partial charge on any atom is 0.116 e. The van der Waals surface area contributed by atoms with Crippen LogP contribution in [0.2, 0.25) is 0 Å². The second-order valence-corrected chi connectivity index (χ2v) is 6.50. The largest absolute Gasteiger partial charge is 0.508 e. The van der Waals surface area contributed by atoms with Crippen LogP contribution in [0.5, 0.6) is 5.75 Å². The van der Waals surface area contributed by atoms with Gasteiger partial charge >= 0.3 is 0 Å². The molecule has 2 bridgehead atoms. The van der Waals surface area contributed by atoms with Gasteiger partial charge in [-0.25, -0.2) is 0 Å². The van der Waals surface area contributed by atoms with Gasteiger partial charge in [0.1, 0.15) is 5.75 Å². The number of benzene rings is 1. The Morgan fingerprint density at radius 3 is 3.11 bits per heavy atom. The molecule has 0 spiro atoms. The molecule has 3 aliphatic rings. The molecular formula is C16H18N2O. The lowest BCUT2D eigenvalue weighted by Crippen LogP contribution is -2.36. The highest BCUT2D eigenvalue weighted by atomic mass is 16.3. The third-order valence-electron chi connectivity index (χ3n) is 5.53. The van der Waals surface area contributed by atoms with Crippen molar-refractivity contribution in [2.75, 3.05) is 13.1 Å². The Kier molecular flexibility index (Phi) is 1.81. The summed E-state index contributed by atoms with van der Waals surface area (Å²) in [4.78, 5) is 6.35. The first-order valence-corrected chi connectivity index (χ1v) is 7.37. The number of piperidine rings is 1. The summed E-state index contributed by atoms with van der Waals surface area (Å²) in [5.74, 6) is 2.00. The predicted molar refractivity (Wildman–Crippen MR) is 74.5 cm³/mol. The lowest BCUT2D eigenvalue weighted by molar-refractivity contribution is 0.201. The minimum Gasteiger partial charge on any atom is -0.508 e. The Morgan fingerprint density at radius 1 is 1.26 bits per heavy atom. The van der Waals surface area contributed by atoms with Crippen molar-refractivity contribution in [1.82, 2.24) is 9.88 Å². The topological polar surface area (TPSA) is 39.3 Å². The van der Waals surface area contributed by atoms with Crippen molar-refractivity contribution in [3.63, 3.8) is 0 Å². The predicted octanol–water partition coefficient (Wildman–Crippen LogP) is 2.61. The van der Waals surface area contributed by atoms with Gasteiger partial charge in [-0.05, 0) is 48.9 Å². The van der Waals surface area contributed by atoms with Crippen molar-refractivity contribution < 1.29 is 5.11 Å². The molecule has 1 saturated carbocycles. The highest BCUT2D eigenvalue weighted by molar-refractivity contribution is 5.86. The molecule has 2 aliphatic heterocycles. The van der Waals surface area contributed by atoms with Gasteiger partial charge in [0, 0.05) is 41.6 Å². The maximum absolute atomic E-state index is 9.74. The van der Waals surface area contributed by atoms with Gasteiger partial charge in [-0.2, -0.15) is 0 Å². The van der Waals surface area contributed by atoms with Gasteiger partial charge in [0.15, 0.2) is 0 Å². The van der Waals surface area contributed by atoms with Crippen molar-refractivity contribution in [2.45, 2.75) is 31.2 Å². The summed E-state index contributed by atoms with van der Waals surface area (Å²) in [5, 5.41) is 11.0. The van der Waals surface area contributed by atoms with Crippen LogP contribution in [-0.4, -0.2) is 34.1 Å². The zero-order chi connectivity index (χ0) is 12.6. The second-order valence-electron chi connectivity index (χ2n) is 6.50. The van der Waals surface area contributed by atoms with Gasteiger partial charge in [0.05, 0.1) is 0 Å². The second kappa shape index (κ2) is 3.34. The molecule has 3 heterocycles. The third kappa shape index (κ3) is 1.26. The molecule has 1 aliphatic carbocycles. The zero-order valence-corrected chi connectivity index (χ0v) is 10.9. The van der Waals surface area contributed by atoms with E-state index in [2.05, 4.69) is 9.88 Å². The van der Waals surface area contributed by atoms with Gasteiger partial charge in [-0.1, -0.05) is 0 Å². The number of rotatable bonds is 0. The van der Waals surface area contributed by atoms with E-state index in [1.165, 1.54) is 48.1 Å². The molecule has 2 fully saturated rings. The molecule has 2 aromatic rings. The summed E-state index contributed by atoms with van der Waals surface area (Å²) in [5.41, 5.74) is 4.13. The summed E-state index contributed by atoms with van der Waals surface area (Å²) >= 11 is 0. The molecule has 3 nitrogen and oxygen atoms in total. The SMILES string of the molecule is Oc1ccc2[nH]c3c(c2c1)CCN1CC2CC3C1C2. The third-order valence-corrected chi connectivity index (χ3v) is 5.53. The van der Waals surface area contributed by atoms with Gasteiger partial charge < -0.3 is 10.1 Å². The fourth-order valence-electron chi connectivity index (χ4n) is 4.80. The summed E-state index contributed by atoms with van der Waals surface area (Å²) in [7, 11) is 0. The highest BCUT2D eigenvalue weighted by Crippen LogP contribution is 2.50. The van der Waals surface area contributed by atoms with Gasteiger partial charge in [-0.15, -0.1) is 0 Å². The van der Waals surface area contributed by atoms with E-state index in [0.717, 1.165) is 18.4 Å². The number of H-pyrrole nitrogens is 1. The van der Waals surface area contributed by atoms with Crippen LogP contribution < -0.4 is 0 Å². The monoisotopic (exact) mass is 254 g/mol. The summed E-state index contributed by atoms with van der Waals surface area (Å²) in [6, 6.07) is 6.50. The maximum atomic E-state index is 9.74. The van der Waals surface area contributed by atoms with Crippen LogP contribution in [0.15, 0.2) is 18.2 Å². The average molecular weight is 254 g/mol. The molecule has 3 unspecified atom stereocenters. The molecule has 0 radical (unpaired) electrons. The fourth-order valence-corrected chi connectivity index (χ4v) is 4.80. The van der Waals surface area contributed by atoms with Crippen LogP contribution in [0.3, 0.4) is 0 Å². The number of fused-ring (bicyclic) bond motifs is 5. The van der Waals surface area contributed by atoms with Crippen LogP contribution in [0.4, 0.5) is 0 Å². The van der Waals surface area contributed by atoms with E-state index in [9.17, 15) is 5.11 Å². The zero-order valence-electron chi connectivity index (χ0n) is 10.9. The van der Waals surface area contributed by atoms with Crippen LogP contribution in [-0.2, 0) is 6.42 Å². The van der Waals surface area contributed by atoms with Crippen LogP contribution in [0, 0.1) is 5.92 Å². The highest BCUT2D eigenvalue weighted by Gasteiger charge is 2.47. The number of aromatic nitrogens is 1. The Hall–Kier alpha value is -1.48. The Morgan fingerprint density at radius 2 is 2.21 bits per heavy atom. The molecule has 98 valence electrons. The summed E-state index contributed by atoms with van der Waals surface area (Å²) in [6.45, 7) is 2.50. The first kappa shape index (κ1) is 10.3. The van der Waals surface area contributed by atoms with Gasteiger partial charge in [0.25, 0.3) is 0 Å². The number of phenolic OH excluding ortho intramolecular Hbond substituents is 1. The molecule has 1 saturated heterocycles. The van der Waals surface area contributed by atoms with Crippen LogP contribution in [0.25, 0.3) is 10.9 Å². The lowest BCUT2D eigenvalue weighted by Gasteiger charge is -2.30. The first-order chi connectivity index (χ1) is 9.29. The number of hydrogen-bond acceptors (Lipinski definition) is 2. The quantitative estimate of drug-likeness (QED) is 0.758. The molecule has 2 N–H and O–H groups in total. The number of nitrogens with one attached hydrogen (secondary N) is 1. The molecule has 1 aromatic heterocycles. The van der Waals surface area contributed by atoms with E-state index in [-0.39, 0.29) is 0 Å². The normalized spacial score (nSPS) is 32.7. The Bertz CT molecular complexity index is 675. The van der Waals surface area contributed by atoms with Crippen molar-refractivity contribution in [1.29, 1.82) is 0 Å². The van der Waals surface area contributed by atoms with E-state index in [1.807, 2.05) is 12.1 Å². The van der Waals surface area contributed by atoms with Crippen LogP contribution >= 0.6 is 0 Å². The number of hydrogen-bond donors (Lipinski definition) is 2. The molecule has 3 heteroatoms. The van der Waals surface area contributed by atoms with E-state index < -0.39 is 0 Å². The van der Waals surface area contributed by atoms with Crippen molar-refractivity contribution in [3.05, 3.63) is 29.5 Å². The fraction of sp³-hybridized carbons (Fsp3) is 0.500. The molecule has 19 heavy (non-hydrogen) atoms. The molecule has 1 aromatic carbocycles. The molecular weight excluding hydrogens is 236 g/mol. The molecule has 5 rings (SSSR count). The number of phenols is 1. The Balaban J connectivity index is 1.75. The summed E-state index contributed by atoms with van der Waals surface area (Å²) in [6.07, 6.45) is 3.87. The average Bonchev–Trinajstić information content (AvgIpc) is 3.05. The van der Waals surface area contributed by atoms with E-state index >= 15 is 0 Å². The van der Waals surface area contributed by atoms with Crippen LogP contribution in [0.1, 0.15) is 30.0 Å². The molecule has 0 amide bonds. The number of aromatic hydroxyl groups is 1. The van der Waals surface area contributed by atoms with Crippen molar-refractivity contribution in [2.24, 2.45) is 5.92 Å². The number of nitrogens with zero attached hydrogens (tertiary/aromatic N) is 1.